The van der Waals surface area contributed by atoms with E-state index in [-0.39, 0.29) is 10.9 Å². The molecule has 2 aromatic rings. The highest BCUT2D eigenvalue weighted by molar-refractivity contribution is 5.91. The first kappa shape index (κ1) is 10.7. The predicted octanol–water partition coefficient (Wildman–Crippen LogP) is 3.08. The predicted molar refractivity (Wildman–Crippen MR) is 55.8 cm³/mol. The van der Waals surface area contributed by atoms with Crippen molar-refractivity contribution < 1.29 is 13.2 Å². The molecule has 1 N–H and O–H groups in total. The Morgan fingerprint density at radius 2 is 2.00 bits per heavy atom. The molecule has 0 aliphatic heterocycles. The van der Waals surface area contributed by atoms with Crippen molar-refractivity contribution in [3.05, 3.63) is 35.8 Å². The topological polar surface area (TPSA) is 24.9 Å². The number of nitrogens with one attached hydrogen (secondary N) is 1. The highest BCUT2D eigenvalue weighted by atomic mass is 19.2. The summed E-state index contributed by atoms with van der Waals surface area (Å²) in [6.07, 6.45) is 1.35. The normalized spacial score (nSPS) is 10.8. The fourth-order valence-corrected chi connectivity index (χ4v) is 1.54. The minimum atomic E-state index is -1.49. The average molecular weight is 226 g/mol. The van der Waals surface area contributed by atoms with Gasteiger partial charge in [-0.3, -0.25) is 4.98 Å². The second-order valence-electron chi connectivity index (χ2n) is 3.27. The van der Waals surface area contributed by atoms with Crippen LogP contribution in [0.15, 0.2) is 18.3 Å². The first-order valence-electron chi connectivity index (χ1n) is 4.81. The van der Waals surface area contributed by atoms with Crippen LogP contribution < -0.4 is 5.32 Å². The van der Waals surface area contributed by atoms with Gasteiger partial charge < -0.3 is 5.32 Å². The molecule has 1 aromatic heterocycles. The molecule has 5 heteroatoms. The molecule has 2 rings (SSSR count). The van der Waals surface area contributed by atoms with E-state index in [1.807, 2.05) is 6.92 Å². The number of aromatic nitrogens is 1. The van der Waals surface area contributed by atoms with Crippen LogP contribution >= 0.6 is 0 Å². The number of nitrogens with zero attached hydrogens (tertiary/aromatic N) is 1. The molecular formula is C11H9F3N2. The van der Waals surface area contributed by atoms with E-state index in [0.717, 1.165) is 6.07 Å². The lowest BCUT2D eigenvalue weighted by Gasteiger charge is -2.08. The molecule has 1 aromatic carbocycles. The molecule has 0 amide bonds. The molecule has 0 aliphatic rings. The van der Waals surface area contributed by atoms with Crippen LogP contribution in [0, 0.1) is 17.5 Å². The Bertz CT molecular complexity index is 540. The van der Waals surface area contributed by atoms with E-state index in [4.69, 9.17) is 0 Å². The first-order valence-corrected chi connectivity index (χ1v) is 4.81. The van der Waals surface area contributed by atoms with Crippen LogP contribution in [-0.2, 0) is 0 Å². The maximum Gasteiger partial charge on any atom is 0.196 e. The molecule has 0 spiro atoms. The van der Waals surface area contributed by atoms with Crippen molar-refractivity contribution in [2.75, 3.05) is 11.9 Å². The van der Waals surface area contributed by atoms with Crippen molar-refractivity contribution in [3.63, 3.8) is 0 Å². The van der Waals surface area contributed by atoms with Crippen molar-refractivity contribution in [2.24, 2.45) is 0 Å². The van der Waals surface area contributed by atoms with Gasteiger partial charge in [0.1, 0.15) is 5.52 Å². The van der Waals surface area contributed by atoms with E-state index in [2.05, 4.69) is 10.3 Å². The maximum atomic E-state index is 13.4. The molecule has 0 saturated carbocycles. The van der Waals surface area contributed by atoms with Crippen molar-refractivity contribution in [3.8, 4) is 0 Å². The fraction of sp³-hybridized carbons (Fsp3) is 0.182. The molecule has 0 aliphatic carbocycles. The highest BCUT2D eigenvalue weighted by Gasteiger charge is 2.15. The van der Waals surface area contributed by atoms with Crippen LogP contribution in [0.2, 0.25) is 0 Å². The molecule has 0 fully saturated rings. The van der Waals surface area contributed by atoms with Gasteiger partial charge in [0.05, 0.1) is 0 Å². The smallest absolute Gasteiger partial charge is 0.196 e. The van der Waals surface area contributed by atoms with Gasteiger partial charge in [-0.25, -0.2) is 13.2 Å². The van der Waals surface area contributed by atoms with E-state index in [1.165, 1.54) is 6.20 Å². The molecule has 0 atom stereocenters. The van der Waals surface area contributed by atoms with Gasteiger partial charge in [0.15, 0.2) is 17.5 Å². The fourth-order valence-electron chi connectivity index (χ4n) is 1.54. The Balaban J connectivity index is 2.78. The molecule has 84 valence electrons. The van der Waals surface area contributed by atoms with E-state index >= 15 is 0 Å². The minimum absolute atomic E-state index is 0.169. The zero-order valence-corrected chi connectivity index (χ0v) is 8.52. The highest BCUT2D eigenvalue weighted by Crippen LogP contribution is 2.26. The molecule has 0 saturated heterocycles. The Labute approximate surface area is 90.1 Å². The number of pyridine rings is 1. The number of anilines is 1. The molecule has 0 radical (unpaired) electrons. The summed E-state index contributed by atoms with van der Waals surface area (Å²) in [4.78, 5) is 3.70. The van der Waals surface area contributed by atoms with Gasteiger partial charge in [-0.1, -0.05) is 0 Å². The monoisotopic (exact) mass is 226 g/mol. The van der Waals surface area contributed by atoms with Crippen LogP contribution in [0.1, 0.15) is 6.92 Å². The van der Waals surface area contributed by atoms with Gasteiger partial charge in [-0.05, 0) is 19.1 Å². The van der Waals surface area contributed by atoms with Crippen molar-refractivity contribution >= 4 is 16.6 Å². The summed E-state index contributed by atoms with van der Waals surface area (Å²) in [5, 5.41) is 3.17. The molecule has 0 bridgehead atoms. The zero-order valence-electron chi connectivity index (χ0n) is 8.52. The summed E-state index contributed by atoms with van der Waals surface area (Å²) in [6, 6.07) is 2.53. The van der Waals surface area contributed by atoms with Gasteiger partial charge in [0.25, 0.3) is 0 Å². The van der Waals surface area contributed by atoms with Crippen molar-refractivity contribution in [1.82, 2.24) is 4.98 Å². The Kier molecular flexibility index (Phi) is 2.68. The van der Waals surface area contributed by atoms with Gasteiger partial charge >= 0.3 is 0 Å². The minimum Gasteiger partial charge on any atom is -0.385 e. The largest absolute Gasteiger partial charge is 0.385 e. The molecule has 1 heterocycles. The SMILES string of the molecule is CCNc1ccnc2c(F)c(F)c(F)cc12. The second-order valence-corrected chi connectivity index (χ2v) is 3.27. The molecule has 2 nitrogen and oxygen atoms in total. The van der Waals surface area contributed by atoms with Crippen LogP contribution in [0.25, 0.3) is 10.9 Å². The lowest BCUT2D eigenvalue weighted by Crippen LogP contribution is -2.01. The van der Waals surface area contributed by atoms with Gasteiger partial charge in [0.2, 0.25) is 0 Å². The van der Waals surface area contributed by atoms with Gasteiger partial charge in [0, 0.05) is 23.8 Å². The van der Waals surface area contributed by atoms with Crippen molar-refractivity contribution in [1.29, 1.82) is 0 Å². The molecule has 0 unspecified atom stereocenters. The maximum absolute atomic E-state index is 13.4. The second kappa shape index (κ2) is 4.00. The molecular weight excluding hydrogens is 217 g/mol. The van der Waals surface area contributed by atoms with Crippen molar-refractivity contribution in [2.45, 2.75) is 6.92 Å². The quantitative estimate of drug-likeness (QED) is 0.796. The first-order chi connectivity index (χ1) is 7.65. The van der Waals surface area contributed by atoms with E-state index in [9.17, 15) is 13.2 Å². The molecule has 16 heavy (non-hydrogen) atoms. The lowest BCUT2D eigenvalue weighted by molar-refractivity contribution is 0.452. The third-order valence-electron chi connectivity index (χ3n) is 2.24. The van der Waals surface area contributed by atoms with Crippen LogP contribution in [0.3, 0.4) is 0 Å². The number of halogens is 3. The van der Waals surface area contributed by atoms with E-state index < -0.39 is 17.5 Å². The van der Waals surface area contributed by atoms with Crippen LogP contribution in [-0.4, -0.2) is 11.5 Å². The number of rotatable bonds is 2. The third kappa shape index (κ3) is 1.58. The summed E-state index contributed by atoms with van der Waals surface area (Å²) in [7, 11) is 0. The summed E-state index contributed by atoms with van der Waals surface area (Å²) >= 11 is 0. The Hall–Kier alpha value is -1.78. The summed E-state index contributed by atoms with van der Waals surface area (Å²) < 4.78 is 39.4. The van der Waals surface area contributed by atoms with Gasteiger partial charge in [-0.2, -0.15) is 0 Å². The zero-order chi connectivity index (χ0) is 11.7. The Morgan fingerprint density at radius 3 is 2.69 bits per heavy atom. The lowest BCUT2D eigenvalue weighted by atomic mass is 10.1. The summed E-state index contributed by atoms with van der Waals surface area (Å²) in [5.74, 6) is -3.96. The number of benzene rings is 1. The van der Waals surface area contributed by atoms with E-state index in [1.54, 1.807) is 6.07 Å². The van der Waals surface area contributed by atoms with E-state index in [0.29, 0.717) is 12.2 Å². The standard InChI is InChI=1S/C11H9F3N2/c1-2-15-8-3-4-16-11-6(8)5-7(12)9(13)10(11)14/h3-5H,2H2,1H3,(H,15,16). The number of hydrogen-bond donors (Lipinski definition) is 1. The number of fused-ring (bicyclic) bond motifs is 1. The summed E-state index contributed by atoms with van der Waals surface area (Å²) in [6.45, 7) is 2.45. The van der Waals surface area contributed by atoms with Crippen LogP contribution in [0.4, 0.5) is 18.9 Å². The van der Waals surface area contributed by atoms with Gasteiger partial charge in [-0.15, -0.1) is 0 Å². The number of hydrogen-bond acceptors (Lipinski definition) is 2. The summed E-state index contributed by atoms with van der Waals surface area (Å²) in [5.41, 5.74) is 0.364. The van der Waals surface area contributed by atoms with Crippen LogP contribution in [0.5, 0.6) is 0 Å². The third-order valence-corrected chi connectivity index (χ3v) is 2.24. The average Bonchev–Trinajstić information content (AvgIpc) is 2.28. The Morgan fingerprint density at radius 1 is 1.25 bits per heavy atom.